The number of rotatable bonds is 4. The number of carbonyl (C=O) groups is 1. The van der Waals surface area contributed by atoms with Gasteiger partial charge >= 0.3 is 0 Å². The van der Waals surface area contributed by atoms with Gasteiger partial charge < -0.3 is 10.3 Å². The number of nitrogens with zero attached hydrogens (tertiary/aromatic N) is 2. The Hall–Kier alpha value is -1.08. The van der Waals surface area contributed by atoms with Crippen molar-refractivity contribution in [2.24, 2.45) is 5.73 Å². The third-order valence-corrected chi connectivity index (χ3v) is 3.35. The van der Waals surface area contributed by atoms with Crippen LogP contribution in [0, 0.1) is 0 Å². The van der Waals surface area contributed by atoms with Crippen LogP contribution in [0.25, 0.3) is 0 Å². The number of carbonyl (C=O) groups excluding carboxylic acids is 1. The molecule has 1 heterocycles. The molecule has 90 valence electrons. The first kappa shape index (κ1) is 13.0. The zero-order chi connectivity index (χ0) is 12.5. The maximum atomic E-state index is 11.1. The summed E-state index contributed by atoms with van der Waals surface area (Å²) in [6.07, 6.45) is 1.70. The third kappa shape index (κ3) is 2.53. The highest BCUT2D eigenvalue weighted by Gasteiger charge is 2.21. The van der Waals surface area contributed by atoms with Gasteiger partial charge in [-0.25, -0.2) is 13.4 Å². The van der Waals surface area contributed by atoms with Gasteiger partial charge in [0.05, 0.1) is 0 Å². The van der Waals surface area contributed by atoms with E-state index in [-0.39, 0.29) is 5.03 Å². The fourth-order valence-corrected chi connectivity index (χ4v) is 1.94. The fraction of sp³-hybridized carbons (Fsp3) is 0.500. The van der Waals surface area contributed by atoms with Gasteiger partial charge in [0.15, 0.2) is 5.03 Å². The van der Waals surface area contributed by atoms with Gasteiger partial charge in [-0.15, -0.1) is 0 Å². The molecule has 16 heavy (non-hydrogen) atoms. The van der Waals surface area contributed by atoms with Crippen LogP contribution < -0.4 is 5.73 Å². The second-order valence-corrected chi connectivity index (χ2v) is 5.79. The van der Waals surface area contributed by atoms with E-state index >= 15 is 0 Å². The maximum Gasteiger partial charge on any atom is 0.280 e. The van der Waals surface area contributed by atoms with E-state index in [0.29, 0.717) is 12.2 Å². The van der Waals surface area contributed by atoms with E-state index in [9.17, 15) is 13.2 Å². The first-order valence-corrected chi connectivity index (χ1v) is 6.90. The molecule has 0 aliphatic carbocycles. The molecular weight excluding hydrogens is 254 g/mol. The van der Waals surface area contributed by atoms with E-state index in [2.05, 4.69) is 4.98 Å². The van der Waals surface area contributed by atoms with Crippen molar-refractivity contribution in [2.75, 3.05) is 0 Å². The van der Waals surface area contributed by atoms with Gasteiger partial charge in [-0.3, -0.25) is 4.79 Å². The Morgan fingerprint density at radius 2 is 2.25 bits per heavy atom. The molecule has 6 nitrogen and oxygen atoms in total. The number of aromatic nitrogens is 2. The number of primary amides is 1. The molecule has 0 saturated heterocycles. The highest BCUT2D eigenvalue weighted by Crippen LogP contribution is 2.18. The van der Waals surface area contributed by atoms with Gasteiger partial charge in [0.2, 0.25) is 5.91 Å². The number of hydrogen-bond donors (Lipinski definition) is 1. The Balaban J connectivity index is 3.30. The van der Waals surface area contributed by atoms with Gasteiger partial charge in [0.25, 0.3) is 9.05 Å². The predicted molar refractivity (Wildman–Crippen MR) is 58.5 cm³/mol. The van der Waals surface area contributed by atoms with E-state index < -0.39 is 21.0 Å². The van der Waals surface area contributed by atoms with Gasteiger partial charge in [-0.05, 0) is 6.92 Å². The van der Waals surface area contributed by atoms with Crippen LogP contribution in [-0.4, -0.2) is 23.9 Å². The monoisotopic (exact) mass is 265 g/mol. The van der Waals surface area contributed by atoms with Gasteiger partial charge in [-0.1, -0.05) is 6.92 Å². The van der Waals surface area contributed by atoms with Crippen molar-refractivity contribution < 1.29 is 13.2 Å². The van der Waals surface area contributed by atoms with Crippen LogP contribution >= 0.6 is 10.7 Å². The van der Waals surface area contributed by atoms with Crippen molar-refractivity contribution in [2.45, 2.75) is 31.3 Å². The van der Waals surface area contributed by atoms with Crippen molar-refractivity contribution in [1.82, 2.24) is 9.55 Å². The molecule has 2 N–H and O–H groups in total. The molecule has 0 fully saturated rings. The minimum absolute atomic E-state index is 0.265. The standard InChI is InChI=1S/C8H12ClN3O3S/c1-3-6-11-7(16(9,14)15)4-12(6)5(2)8(10)13/h4-5H,3H2,1-2H3,(H2,10,13). The quantitative estimate of drug-likeness (QED) is 0.798. The topological polar surface area (TPSA) is 95.1 Å². The molecule has 8 heteroatoms. The first-order chi connectivity index (χ1) is 7.27. The maximum absolute atomic E-state index is 11.1. The van der Waals surface area contributed by atoms with Crippen LogP contribution in [0.2, 0.25) is 0 Å². The first-order valence-electron chi connectivity index (χ1n) is 4.59. The molecule has 1 atom stereocenters. The van der Waals surface area contributed by atoms with E-state index in [1.54, 1.807) is 13.8 Å². The zero-order valence-corrected chi connectivity index (χ0v) is 10.4. The lowest BCUT2D eigenvalue weighted by molar-refractivity contribution is -0.120. The lowest BCUT2D eigenvalue weighted by Crippen LogP contribution is -2.24. The molecule has 0 aromatic carbocycles. The molecular formula is C8H12ClN3O3S. The highest BCUT2D eigenvalue weighted by molar-refractivity contribution is 8.13. The molecule has 1 rings (SSSR count). The summed E-state index contributed by atoms with van der Waals surface area (Å²) in [4.78, 5) is 14.9. The normalized spacial score (nSPS) is 13.7. The molecule has 0 bridgehead atoms. The van der Waals surface area contributed by atoms with Crippen molar-refractivity contribution in [3.8, 4) is 0 Å². The average molecular weight is 266 g/mol. The largest absolute Gasteiger partial charge is 0.368 e. The van der Waals surface area contributed by atoms with Gasteiger partial charge in [-0.2, -0.15) is 0 Å². The molecule has 1 unspecified atom stereocenters. The predicted octanol–water partition coefficient (Wildman–Crippen LogP) is 0.419. The van der Waals surface area contributed by atoms with Crippen molar-refractivity contribution >= 4 is 25.6 Å². The fourth-order valence-electron chi connectivity index (χ4n) is 1.26. The third-order valence-electron chi connectivity index (χ3n) is 2.18. The van der Waals surface area contributed by atoms with E-state index in [1.165, 1.54) is 10.8 Å². The molecule has 1 aromatic heterocycles. The van der Waals surface area contributed by atoms with Gasteiger partial charge in [0, 0.05) is 23.3 Å². The summed E-state index contributed by atoms with van der Waals surface area (Å²) in [5.74, 6) is -0.115. The summed E-state index contributed by atoms with van der Waals surface area (Å²) in [7, 11) is 1.28. The zero-order valence-electron chi connectivity index (χ0n) is 8.84. The average Bonchev–Trinajstić information content (AvgIpc) is 2.59. The summed E-state index contributed by atoms with van der Waals surface area (Å²) in [5, 5.41) is -0.265. The van der Waals surface area contributed by atoms with Gasteiger partial charge in [0.1, 0.15) is 11.9 Å². The molecule has 1 amide bonds. The van der Waals surface area contributed by atoms with Crippen LogP contribution in [0.5, 0.6) is 0 Å². The number of halogens is 1. The highest BCUT2D eigenvalue weighted by atomic mass is 35.7. The minimum atomic E-state index is -3.89. The summed E-state index contributed by atoms with van der Waals surface area (Å²) in [6, 6.07) is -0.658. The van der Waals surface area contributed by atoms with Crippen molar-refractivity contribution in [3.05, 3.63) is 12.0 Å². The van der Waals surface area contributed by atoms with Crippen LogP contribution in [-0.2, 0) is 20.3 Å². The van der Waals surface area contributed by atoms with E-state index in [4.69, 9.17) is 16.4 Å². The SMILES string of the molecule is CCc1nc(S(=O)(=O)Cl)cn1C(C)C(N)=O. The van der Waals surface area contributed by atoms with Crippen molar-refractivity contribution in [3.63, 3.8) is 0 Å². The molecule has 0 spiro atoms. The Labute approximate surface area is 97.8 Å². The molecule has 0 aliphatic rings. The van der Waals surface area contributed by atoms with Crippen LogP contribution in [0.15, 0.2) is 11.2 Å². The van der Waals surface area contributed by atoms with Crippen LogP contribution in [0.3, 0.4) is 0 Å². The Kier molecular flexibility index (Phi) is 3.59. The molecule has 1 aromatic rings. The second kappa shape index (κ2) is 4.42. The summed E-state index contributed by atoms with van der Waals surface area (Å²) in [6.45, 7) is 3.35. The lowest BCUT2D eigenvalue weighted by atomic mass is 10.3. The number of amides is 1. The van der Waals surface area contributed by atoms with E-state index in [0.717, 1.165) is 0 Å². The number of imidazole rings is 1. The Bertz CT molecular complexity index is 509. The lowest BCUT2D eigenvalue weighted by Gasteiger charge is -2.11. The summed E-state index contributed by atoms with van der Waals surface area (Å²) in [5.41, 5.74) is 5.14. The number of aryl methyl sites for hydroxylation is 1. The second-order valence-electron chi connectivity index (χ2n) is 3.27. The van der Waals surface area contributed by atoms with Crippen LogP contribution in [0.1, 0.15) is 25.7 Å². The summed E-state index contributed by atoms with van der Waals surface area (Å²) >= 11 is 0. The molecule has 0 aliphatic heterocycles. The number of hydrogen-bond acceptors (Lipinski definition) is 4. The molecule has 0 saturated carbocycles. The Morgan fingerprint density at radius 3 is 2.62 bits per heavy atom. The number of nitrogens with two attached hydrogens (primary N) is 1. The molecule has 0 radical (unpaired) electrons. The van der Waals surface area contributed by atoms with Crippen molar-refractivity contribution in [1.29, 1.82) is 0 Å². The van der Waals surface area contributed by atoms with E-state index in [1.807, 2.05) is 0 Å². The smallest absolute Gasteiger partial charge is 0.280 e. The van der Waals surface area contributed by atoms with Crippen LogP contribution in [0.4, 0.5) is 0 Å². The minimum Gasteiger partial charge on any atom is -0.368 e. The Morgan fingerprint density at radius 1 is 1.69 bits per heavy atom. The summed E-state index contributed by atoms with van der Waals surface area (Å²) < 4.78 is 23.6.